The van der Waals surface area contributed by atoms with Crippen molar-refractivity contribution in [1.82, 2.24) is 0 Å². The van der Waals surface area contributed by atoms with Gasteiger partial charge in [-0.2, -0.15) is 0 Å². The Bertz CT molecular complexity index is 253. The predicted molar refractivity (Wildman–Crippen MR) is 59.0 cm³/mol. The van der Waals surface area contributed by atoms with Crippen LogP contribution in [0.2, 0.25) is 0 Å². The van der Waals surface area contributed by atoms with Crippen LogP contribution in [0.15, 0.2) is 17.3 Å². The number of aliphatic hydroxyl groups is 1. The molecule has 1 unspecified atom stereocenters. The molecule has 0 aromatic rings. The maximum atomic E-state index is 9.23. The first kappa shape index (κ1) is 13.0. The standard InChI is InChI=1S/C8H15N3O2S/c1-3-6(12)4-14-8(10)5(2)7(9)11-13/h6,10,12-13H,2-4H2,1H3,(H2,9,11). The number of oxime groups is 1. The summed E-state index contributed by atoms with van der Waals surface area (Å²) < 4.78 is 0. The summed E-state index contributed by atoms with van der Waals surface area (Å²) in [6, 6.07) is 0. The van der Waals surface area contributed by atoms with Crippen molar-refractivity contribution in [1.29, 1.82) is 5.41 Å². The zero-order valence-corrected chi connectivity index (χ0v) is 8.84. The Morgan fingerprint density at radius 1 is 1.71 bits per heavy atom. The lowest BCUT2D eigenvalue weighted by Crippen LogP contribution is -2.19. The van der Waals surface area contributed by atoms with Gasteiger partial charge in [0.1, 0.15) is 0 Å². The van der Waals surface area contributed by atoms with Crippen molar-refractivity contribution < 1.29 is 10.3 Å². The summed E-state index contributed by atoms with van der Waals surface area (Å²) in [6.07, 6.45) is 0.191. The van der Waals surface area contributed by atoms with Crippen LogP contribution in [0.25, 0.3) is 0 Å². The number of nitrogens with one attached hydrogen (secondary N) is 1. The van der Waals surface area contributed by atoms with Crippen LogP contribution in [0.4, 0.5) is 0 Å². The van der Waals surface area contributed by atoms with E-state index in [2.05, 4.69) is 11.7 Å². The number of nitrogens with zero attached hydrogens (tertiary/aromatic N) is 1. The van der Waals surface area contributed by atoms with Crippen LogP contribution in [-0.4, -0.2) is 33.0 Å². The molecule has 0 aromatic heterocycles. The average Bonchev–Trinajstić information content (AvgIpc) is 2.22. The molecule has 14 heavy (non-hydrogen) atoms. The first-order chi connectivity index (χ1) is 6.52. The van der Waals surface area contributed by atoms with Gasteiger partial charge < -0.3 is 16.0 Å². The Labute approximate surface area is 87.2 Å². The third-order valence-corrected chi connectivity index (χ3v) is 2.67. The van der Waals surface area contributed by atoms with Gasteiger partial charge >= 0.3 is 0 Å². The maximum Gasteiger partial charge on any atom is 0.172 e. The topological polar surface area (TPSA) is 103 Å². The Balaban J connectivity index is 4.04. The normalized spacial score (nSPS) is 13.7. The van der Waals surface area contributed by atoms with Gasteiger partial charge in [0.15, 0.2) is 5.84 Å². The average molecular weight is 217 g/mol. The van der Waals surface area contributed by atoms with Gasteiger partial charge in [-0.25, -0.2) is 0 Å². The molecule has 0 rings (SSSR count). The summed E-state index contributed by atoms with van der Waals surface area (Å²) in [5, 5.41) is 27.9. The predicted octanol–water partition coefficient (Wildman–Crippen LogP) is 0.770. The zero-order valence-electron chi connectivity index (χ0n) is 8.03. The molecule has 0 saturated heterocycles. The molecule has 0 fully saturated rings. The Hall–Kier alpha value is -1.01. The Morgan fingerprint density at radius 2 is 2.29 bits per heavy atom. The molecule has 5 N–H and O–H groups in total. The van der Waals surface area contributed by atoms with Crippen molar-refractivity contribution in [2.24, 2.45) is 10.9 Å². The molecular formula is C8H15N3O2S. The summed E-state index contributed by atoms with van der Waals surface area (Å²) in [5.74, 6) is 0.237. The summed E-state index contributed by atoms with van der Waals surface area (Å²) in [6.45, 7) is 5.34. The van der Waals surface area contributed by atoms with Gasteiger partial charge in [0.2, 0.25) is 0 Å². The fraction of sp³-hybridized carbons (Fsp3) is 0.500. The lowest BCUT2D eigenvalue weighted by Gasteiger charge is -2.08. The number of thioether (sulfide) groups is 1. The van der Waals surface area contributed by atoms with E-state index in [1.165, 1.54) is 0 Å². The van der Waals surface area contributed by atoms with E-state index in [4.69, 9.17) is 16.4 Å². The van der Waals surface area contributed by atoms with E-state index in [0.29, 0.717) is 12.2 Å². The van der Waals surface area contributed by atoms with Gasteiger partial charge in [-0.15, -0.1) is 11.8 Å². The van der Waals surface area contributed by atoms with Gasteiger partial charge in [0.25, 0.3) is 0 Å². The van der Waals surface area contributed by atoms with Gasteiger partial charge in [-0.3, -0.25) is 5.41 Å². The fourth-order valence-electron chi connectivity index (χ4n) is 0.561. The van der Waals surface area contributed by atoms with Crippen LogP contribution in [0.1, 0.15) is 13.3 Å². The van der Waals surface area contributed by atoms with Gasteiger partial charge in [-0.1, -0.05) is 18.7 Å². The van der Waals surface area contributed by atoms with E-state index < -0.39 is 6.10 Å². The lowest BCUT2D eigenvalue weighted by molar-refractivity contribution is 0.195. The number of aliphatic hydroxyl groups excluding tert-OH is 1. The minimum atomic E-state index is -0.444. The third kappa shape index (κ3) is 4.29. The maximum absolute atomic E-state index is 9.23. The molecule has 0 aromatic carbocycles. The molecule has 0 aliphatic rings. The summed E-state index contributed by atoms with van der Waals surface area (Å²) in [4.78, 5) is 0. The van der Waals surface area contributed by atoms with Crippen molar-refractivity contribution in [2.45, 2.75) is 19.4 Å². The molecule has 0 heterocycles. The van der Waals surface area contributed by atoms with Crippen molar-refractivity contribution in [3.63, 3.8) is 0 Å². The molecule has 6 heteroatoms. The SMILES string of the molecule is C=C(C(=N)SCC(O)CC)/C(N)=N/O. The smallest absolute Gasteiger partial charge is 0.172 e. The van der Waals surface area contributed by atoms with E-state index in [0.717, 1.165) is 11.8 Å². The molecule has 0 spiro atoms. The van der Waals surface area contributed by atoms with Gasteiger partial charge in [0, 0.05) is 11.3 Å². The van der Waals surface area contributed by atoms with Crippen LogP contribution in [0, 0.1) is 5.41 Å². The highest BCUT2D eigenvalue weighted by atomic mass is 32.2. The summed E-state index contributed by atoms with van der Waals surface area (Å²) in [5.41, 5.74) is 5.41. The van der Waals surface area contributed by atoms with Crippen LogP contribution >= 0.6 is 11.8 Å². The minimum Gasteiger partial charge on any atom is -0.409 e. The second-order valence-corrected chi connectivity index (χ2v) is 3.70. The quantitative estimate of drug-likeness (QED) is 0.236. The Morgan fingerprint density at radius 3 is 2.71 bits per heavy atom. The monoisotopic (exact) mass is 217 g/mol. The highest BCUT2D eigenvalue weighted by Crippen LogP contribution is 2.12. The minimum absolute atomic E-state index is 0.104. The highest BCUT2D eigenvalue weighted by Gasteiger charge is 2.10. The molecule has 80 valence electrons. The summed E-state index contributed by atoms with van der Waals surface area (Å²) in [7, 11) is 0. The van der Waals surface area contributed by atoms with E-state index in [1.54, 1.807) is 0 Å². The number of rotatable bonds is 5. The third-order valence-electron chi connectivity index (χ3n) is 1.58. The number of hydrogen-bond donors (Lipinski definition) is 4. The van der Waals surface area contributed by atoms with E-state index in [-0.39, 0.29) is 16.5 Å². The molecular weight excluding hydrogens is 202 g/mol. The van der Waals surface area contributed by atoms with Crippen molar-refractivity contribution in [2.75, 3.05) is 5.75 Å². The van der Waals surface area contributed by atoms with E-state index in [9.17, 15) is 5.11 Å². The molecule has 0 amide bonds. The van der Waals surface area contributed by atoms with Crippen molar-refractivity contribution in [3.05, 3.63) is 12.2 Å². The zero-order chi connectivity index (χ0) is 11.1. The van der Waals surface area contributed by atoms with Gasteiger partial charge in [0.05, 0.1) is 11.1 Å². The first-order valence-electron chi connectivity index (χ1n) is 4.09. The first-order valence-corrected chi connectivity index (χ1v) is 5.08. The van der Waals surface area contributed by atoms with Crippen molar-refractivity contribution in [3.8, 4) is 0 Å². The molecule has 0 radical (unpaired) electrons. The fourth-order valence-corrected chi connectivity index (χ4v) is 1.43. The van der Waals surface area contributed by atoms with Crippen LogP contribution in [0.5, 0.6) is 0 Å². The number of amidine groups is 1. The lowest BCUT2D eigenvalue weighted by atomic mass is 10.3. The van der Waals surface area contributed by atoms with Crippen molar-refractivity contribution >= 4 is 22.6 Å². The molecule has 0 saturated carbocycles. The molecule has 0 aliphatic heterocycles. The second kappa shape index (κ2) is 6.44. The van der Waals surface area contributed by atoms with Crippen LogP contribution in [-0.2, 0) is 0 Å². The highest BCUT2D eigenvalue weighted by molar-refractivity contribution is 8.14. The second-order valence-electron chi connectivity index (χ2n) is 2.67. The molecule has 1 atom stereocenters. The molecule has 0 aliphatic carbocycles. The number of hydrogen-bond acceptors (Lipinski definition) is 5. The molecule has 5 nitrogen and oxygen atoms in total. The summed E-state index contributed by atoms with van der Waals surface area (Å²) >= 11 is 1.12. The Kier molecular flexibility index (Phi) is 5.98. The van der Waals surface area contributed by atoms with Crippen LogP contribution in [0.3, 0.4) is 0 Å². The van der Waals surface area contributed by atoms with Gasteiger partial charge in [-0.05, 0) is 6.42 Å². The van der Waals surface area contributed by atoms with E-state index in [1.807, 2.05) is 6.92 Å². The molecule has 0 bridgehead atoms. The number of nitrogens with two attached hydrogens (primary N) is 1. The van der Waals surface area contributed by atoms with E-state index >= 15 is 0 Å². The van der Waals surface area contributed by atoms with Crippen LogP contribution < -0.4 is 5.73 Å². The largest absolute Gasteiger partial charge is 0.409 e.